The average molecular weight is 406 g/mol. The third-order valence-electron chi connectivity index (χ3n) is 6.06. The fourth-order valence-corrected chi connectivity index (χ4v) is 4.61. The summed E-state index contributed by atoms with van der Waals surface area (Å²) < 4.78 is 0. The van der Waals surface area contributed by atoms with Crippen LogP contribution in [-0.4, -0.2) is 17.9 Å². The molecule has 1 aliphatic rings. The molecule has 0 unspecified atom stereocenters. The highest BCUT2D eigenvalue weighted by molar-refractivity contribution is 5.98. The number of primary amides is 1. The van der Waals surface area contributed by atoms with Crippen molar-refractivity contribution in [2.24, 2.45) is 5.73 Å². The minimum atomic E-state index is -0.793. The Kier molecular flexibility index (Phi) is 4.75. The van der Waals surface area contributed by atoms with Crippen LogP contribution in [0, 0.1) is 0 Å². The van der Waals surface area contributed by atoms with E-state index in [2.05, 4.69) is 5.32 Å². The molecule has 31 heavy (non-hydrogen) atoms. The molecule has 0 spiro atoms. The monoisotopic (exact) mass is 406 g/mol. The number of hydrogen-bond acceptors (Lipinski definition) is 2. The van der Waals surface area contributed by atoms with Crippen molar-refractivity contribution >= 4 is 22.6 Å². The molecule has 0 fully saturated rings. The minimum Gasteiger partial charge on any atom is -0.368 e. The Balaban J connectivity index is 1.46. The summed E-state index contributed by atoms with van der Waals surface area (Å²) in [5, 5.41) is 5.09. The van der Waals surface area contributed by atoms with Gasteiger partial charge in [0.05, 0.1) is 5.92 Å². The third-order valence-corrected chi connectivity index (χ3v) is 6.06. The number of fused-ring (bicyclic) bond motifs is 4. The number of amides is 2. The van der Waals surface area contributed by atoms with E-state index in [9.17, 15) is 9.59 Å². The van der Waals surface area contributed by atoms with E-state index >= 15 is 0 Å². The molecule has 0 radical (unpaired) electrons. The molecule has 0 aliphatic heterocycles. The minimum absolute atomic E-state index is 0.207. The van der Waals surface area contributed by atoms with Crippen molar-refractivity contribution in [3.63, 3.8) is 0 Å². The van der Waals surface area contributed by atoms with Crippen LogP contribution >= 0.6 is 0 Å². The van der Waals surface area contributed by atoms with Crippen molar-refractivity contribution in [1.29, 1.82) is 0 Å². The van der Waals surface area contributed by atoms with E-state index in [1.54, 1.807) is 0 Å². The third kappa shape index (κ3) is 3.36. The van der Waals surface area contributed by atoms with E-state index < -0.39 is 17.9 Å². The van der Waals surface area contributed by atoms with Gasteiger partial charge in [0.2, 0.25) is 11.8 Å². The van der Waals surface area contributed by atoms with Gasteiger partial charge in [-0.15, -0.1) is 0 Å². The van der Waals surface area contributed by atoms with Crippen molar-refractivity contribution < 1.29 is 9.59 Å². The maximum Gasteiger partial charge on any atom is 0.240 e. The highest BCUT2D eigenvalue weighted by Crippen LogP contribution is 2.44. The molecule has 2 amide bonds. The SMILES string of the molecule is NC(=O)[C@H](Cc1cccc2ccccc12)NC(=O)C1c2ccccc2-c2ccccc21. The second-order valence-electron chi connectivity index (χ2n) is 7.91. The van der Waals surface area contributed by atoms with Crippen LogP contribution in [0.2, 0.25) is 0 Å². The van der Waals surface area contributed by atoms with Gasteiger partial charge in [0, 0.05) is 6.42 Å². The molecular formula is C27H22N2O2. The number of hydrogen-bond donors (Lipinski definition) is 2. The summed E-state index contributed by atoms with van der Waals surface area (Å²) >= 11 is 0. The number of carbonyl (C=O) groups excluding carboxylic acids is 2. The van der Waals surface area contributed by atoms with Gasteiger partial charge in [-0.05, 0) is 38.6 Å². The summed E-state index contributed by atoms with van der Waals surface area (Å²) in [6, 6.07) is 29.0. The van der Waals surface area contributed by atoms with Gasteiger partial charge in [-0.1, -0.05) is 91.0 Å². The van der Waals surface area contributed by atoms with Gasteiger partial charge in [0.15, 0.2) is 0 Å². The lowest BCUT2D eigenvalue weighted by Crippen LogP contribution is -2.47. The molecule has 0 saturated heterocycles. The first-order valence-corrected chi connectivity index (χ1v) is 10.4. The molecule has 152 valence electrons. The standard InChI is InChI=1S/C27H22N2O2/c28-26(30)24(16-18-10-7-9-17-8-1-2-11-19(17)18)29-27(31)25-22-14-5-3-12-20(22)21-13-4-6-15-23(21)25/h1-15,24-25H,16H2,(H2,28,30)(H,29,31)/t24-/m0/s1. The van der Waals surface area contributed by atoms with Gasteiger partial charge < -0.3 is 11.1 Å². The van der Waals surface area contributed by atoms with Crippen LogP contribution in [0.3, 0.4) is 0 Å². The number of rotatable bonds is 5. The lowest BCUT2D eigenvalue weighted by atomic mass is 9.94. The van der Waals surface area contributed by atoms with E-state index in [1.807, 2.05) is 91.0 Å². The summed E-state index contributed by atoms with van der Waals surface area (Å²) in [4.78, 5) is 25.7. The van der Waals surface area contributed by atoms with E-state index in [0.29, 0.717) is 6.42 Å². The predicted molar refractivity (Wildman–Crippen MR) is 122 cm³/mol. The second kappa shape index (κ2) is 7.73. The van der Waals surface area contributed by atoms with Gasteiger partial charge >= 0.3 is 0 Å². The van der Waals surface area contributed by atoms with Crippen molar-refractivity contribution in [3.05, 3.63) is 108 Å². The van der Waals surface area contributed by atoms with Gasteiger partial charge in [-0.2, -0.15) is 0 Å². The molecule has 0 saturated carbocycles. The van der Waals surface area contributed by atoms with Crippen LogP contribution in [0.5, 0.6) is 0 Å². The zero-order chi connectivity index (χ0) is 21.4. The van der Waals surface area contributed by atoms with E-state index in [4.69, 9.17) is 5.73 Å². The van der Waals surface area contributed by atoms with Gasteiger partial charge in [0.1, 0.15) is 6.04 Å². The predicted octanol–water partition coefficient (Wildman–Crippen LogP) is 4.16. The van der Waals surface area contributed by atoms with Crippen LogP contribution in [0.15, 0.2) is 91.0 Å². The molecule has 1 atom stereocenters. The highest BCUT2D eigenvalue weighted by atomic mass is 16.2. The lowest BCUT2D eigenvalue weighted by molar-refractivity contribution is -0.127. The average Bonchev–Trinajstić information content (AvgIpc) is 3.13. The molecule has 0 aromatic heterocycles. The Bertz CT molecular complexity index is 1260. The molecule has 3 N–H and O–H groups in total. The first-order chi connectivity index (χ1) is 15.1. The number of benzene rings is 4. The molecule has 4 heteroatoms. The van der Waals surface area contributed by atoms with Gasteiger partial charge in [-0.25, -0.2) is 0 Å². The van der Waals surface area contributed by atoms with Crippen LogP contribution in [0.4, 0.5) is 0 Å². The smallest absolute Gasteiger partial charge is 0.240 e. The van der Waals surface area contributed by atoms with E-state index in [1.165, 1.54) is 0 Å². The largest absolute Gasteiger partial charge is 0.368 e. The summed E-state index contributed by atoms with van der Waals surface area (Å²) in [6.45, 7) is 0. The van der Waals surface area contributed by atoms with Gasteiger partial charge in [-0.3, -0.25) is 9.59 Å². The summed E-state index contributed by atoms with van der Waals surface area (Å²) in [7, 11) is 0. The van der Waals surface area contributed by atoms with Gasteiger partial charge in [0.25, 0.3) is 0 Å². The van der Waals surface area contributed by atoms with Crippen molar-refractivity contribution in [3.8, 4) is 11.1 Å². The fourth-order valence-electron chi connectivity index (χ4n) is 4.61. The zero-order valence-corrected chi connectivity index (χ0v) is 16.9. The summed E-state index contributed by atoms with van der Waals surface area (Å²) in [5.74, 6) is -1.20. The molecule has 0 bridgehead atoms. The normalized spacial score (nSPS) is 13.4. The summed E-state index contributed by atoms with van der Waals surface area (Å²) in [5.41, 5.74) is 10.7. The number of nitrogens with one attached hydrogen (secondary N) is 1. The van der Waals surface area contributed by atoms with Crippen molar-refractivity contribution in [1.82, 2.24) is 5.32 Å². The van der Waals surface area contributed by atoms with E-state index in [-0.39, 0.29) is 5.91 Å². The van der Waals surface area contributed by atoms with Crippen molar-refractivity contribution in [2.45, 2.75) is 18.4 Å². The van der Waals surface area contributed by atoms with E-state index in [0.717, 1.165) is 38.6 Å². The Morgan fingerprint density at radius 2 is 1.35 bits per heavy atom. The zero-order valence-electron chi connectivity index (χ0n) is 16.9. The lowest BCUT2D eigenvalue weighted by Gasteiger charge is -2.20. The van der Waals surface area contributed by atoms with Crippen LogP contribution < -0.4 is 11.1 Å². The fraction of sp³-hybridized carbons (Fsp3) is 0.111. The number of nitrogens with two attached hydrogens (primary N) is 1. The molecule has 4 aromatic rings. The van der Waals surface area contributed by atoms with Crippen LogP contribution in [0.25, 0.3) is 21.9 Å². The quantitative estimate of drug-likeness (QED) is 0.522. The van der Waals surface area contributed by atoms with Crippen LogP contribution in [0.1, 0.15) is 22.6 Å². The number of carbonyl (C=O) groups is 2. The van der Waals surface area contributed by atoms with Crippen molar-refractivity contribution in [2.75, 3.05) is 0 Å². The second-order valence-corrected chi connectivity index (χ2v) is 7.91. The maximum atomic E-state index is 13.4. The maximum absolute atomic E-state index is 13.4. The molecule has 5 rings (SSSR count). The Labute approximate surface area is 180 Å². The Hall–Kier alpha value is -3.92. The topological polar surface area (TPSA) is 72.2 Å². The highest BCUT2D eigenvalue weighted by Gasteiger charge is 2.35. The van der Waals surface area contributed by atoms with Crippen LogP contribution in [-0.2, 0) is 16.0 Å². The molecule has 0 heterocycles. The molecule has 1 aliphatic carbocycles. The Morgan fingerprint density at radius 3 is 2.03 bits per heavy atom. The first-order valence-electron chi connectivity index (χ1n) is 10.4. The Morgan fingerprint density at radius 1 is 0.774 bits per heavy atom. The summed E-state index contributed by atoms with van der Waals surface area (Å²) in [6.07, 6.45) is 0.346. The first kappa shape index (κ1) is 19.1. The molecular weight excluding hydrogens is 384 g/mol. The molecule has 4 nitrogen and oxygen atoms in total. The molecule has 4 aromatic carbocycles.